The predicted octanol–water partition coefficient (Wildman–Crippen LogP) is 4.04. The van der Waals surface area contributed by atoms with E-state index in [-0.39, 0.29) is 11.8 Å². The number of hydrogen-bond donors (Lipinski definition) is 2. The monoisotopic (exact) mass is 320 g/mol. The Balaban J connectivity index is 1.68. The zero-order valence-electron chi connectivity index (χ0n) is 13.1. The van der Waals surface area contributed by atoms with Crippen LogP contribution in [0.15, 0.2) is 24.3 Å². The van der Waals surface area contributed by atoms with Gasteiger partial charge in [0.25, 0.3) is 0 Å². The molecule has 2 rings (SSSR count). The number of anilines is 2. The van der Waals surface area contributed by atoms with Crippen molar-refractivity contribution in [1.82, 2.24) is 0 Å². The van der Waals surface area contributed by atoms with Gasteiger partial charge in [0.2, 0.25) is 11.8 Å². The summed E-state index contributed by atoms with van der Waals surface area (Å²) in [5.74, 6) is 0.840. The van der Waals surface area contributed by atoms with Gasteiger partial charge in [-0.05, 0) is 37.1 Å². The van der Waals surface area contributed by atoms with Gasteiger partial charge in [0, 0.05) is 35.7 Å². The molecule has 0 aromatic heterocycles. The maximum atomic E-state index is 11.9. The van der Waals surface area contributed by atoms with Crippen LogP contribution in [-0.2, 0) is 9.59 Å². The van der Waals surface area contributed by atoms with Crippen molar-refractivity contribution >= 4 is 35.0 Å². The van der Waals surface area contributed by atoms with Crippen LogP contribution in [0.2, 0.25) is 0 Å². The lowest BCUT2D eigenvalue weighted by Gasteiger charge is -2.20. The molecule has 1 fully saturated rings. The number of carbonyl (C=O) groups excluding carboxylic acids is 2. The first-order valence-electron chi connectivity index (χ1n) is 7.92. The third kappa shape index (κ3) is 6.10. The maximum absolute atomic E-state index is 11.9. The minimum absolute atomic E-state index is 0.0515. The first-order chi connectivity index (χ1) is 10.6. The van der Waals surface area contributed by atoms with Crippen LogP contribution in [0.25, 0.3) is 0 Å². The number of carbonyl (C=O) groups is 2. The van der Waals surface area contributed by atoms with Crippen molar-refractivity contribution in [3.63, 3.8) is 0 Å². The van der Waals surface area contributed by atoms with Gasteiger partial charge in [-0.25, -0.2) is 0 Å². The van der Waals surface area contributed by atoms with E-state index in [1.54, 1.807) is 24.3 Å². The van der Waals surface area contributed by atoms with Crippen molar-refractivity contribution in [1.29, 1.82) is 0 Å². The fourth-order valence-electron chi connectivity index (χ4n) is 2.61. The zero-order chi connectivity index (χ0) is 15.8. The molecule has 0 aliphatic heterocycles. The van der Waals surface area contributed by atoms with Crippen LogP contribution in [-0.4, -0.2) is 22.8 Å². The molecule has 0 saturated heterocycles. The molecule has 2 N–H and O–H groups in total. The summed E-state index contributed by atoms with van der Waals surface area (Å²) in [5.41, 5.74) is 1.50. The molecule has 1 aromatic rings. The van der Waals surface area contributed by atoms with Crippen molar-refractivity contribution in [2.75, 3.05) is 16.4 Å². The molecule has 0 unspecified atom stereocenters. The summed E-state index contributed by atoms with van der Waals surface area (Å²) >= 11 is 1.94. The van der Waals surface area contributed by atoms with E-state index in [0.29, 0.717) is 6.42 Å². The molecule has 0 radical (unpaired) electrons. The molecule has 4 nitrogen and oxygen atoms in total. The first-order valence-corrected chi connectivity index (χ1v) is 8.97. The van der Waals surface area contributed by atoms with Gasteiger partial charge in [0.05, 0.1) is 0 Å². The van der Waals surface area contributed by atoms with Crippen LogP contribution >= 0.6 is 11.8 Å². The quantitative estimate of drug-likeness (QED) is 0.831. The Morgan fingerprint density at radius 1 is 1.05 bits per heavy atom. The molecule has 0 heterocycles. The van der Waals surface area contributed by atoms with Crippen LogP contribution in [0, 0.1) is 0 Å². The molecule has 1 aliphatic carbocycles. The fraction of sp³-hybridized carbons (Fsp3) is 0.529. The predicted molar refractivity (Wildman–Crippen MR) is 93.3 cm³/mol. The lowest BCUT2D eigenvalue weighted by Crippen LogP contribution is -2.14. The fourth-order valence-corrected chi connectivity index (χ4v) is 3.92. The molecule has 0 bridgehead atoms. The number of benzene rings is 1. The Hall–Kier alpha value is -1.49. The highest BCUT2D eigenvalue weighted by molar-refractivity contribution is 7.99. The lowest BCUT2D eigenvalue weighted by molar-refractivity contribution is -0.116. The lowest BCUT2D eigenvalue weighted by atomic mass is 10.0. The van der Waals surface area contributed by atoms with Crippen LogP contribution in [0.5, 0.6) is 0 Å². The molecular weight excluding hydrogens is 296 g/mol. The highest BCUT2D eigenvalue weighted by atomic mass is 32.2. The first kappa shape index (κ1) is 16.9. The SMILES string of the molecule is CC(=O)Nc1ccc(NC(=O)CCSC2CCCCC2)cc1. The third-order valence-electron chi connectivity index (χ3n) is 3.72. The number of rotatable bonds is 6. The number of nitrogens with one attached hydrogen (secondary N) is 2. The van der Waals surface area contributed by atoms with E-state index in [1.165, 1.54) is 39.0 Å². The van der Waals surface area contributed by atoms with E-state index >= 15 is 0 Å². The molecule has 2 amide bonds. The molecule has 120 valence electrons. The summed E-state index contributed by atoms with van der Waals surface area (Å²) in [6.07, 6.45) is 7.20. The van der Waals surface area contributed by atoms with Crippen LogP contribution in [0.4, 0.5) is 11.4 Å². The van der Waals surface area contributed by atoms with Gasteiger partial charge >= 0.3 is 0 Å². The molecule has 1 saturated carbocycles. The van der Waals surface area contributed by atoms with Gasteiger partial charge in [-0.1, -0.05) is 19.3 Å². The number of amides is 2. The smallest absolute Gasteiger partial charge is 0.225 e. The highest BCUT2D eigenvalue weighted by Crippen LogP contribution is 2.28. The molecule has 1 aliphatic rings. The van der Waals surface area contributed by atoms with Gasteiger partial charge in [-0.2, -0.15) is 11.8 Å². The highest BCUT2D eigenvalue weighted by Gasteiger charge is 2.14. The van der Waals surface area contributed by atoms with Crippen molar-refractivity contribution in [3.8, 4) is 0 Å². The Morgan fingerprint density at radius 3 is 2.23 bits per heavy atom. The third-order valence-corrected chi connectivity index (χ3v) is 5.11. The topological polar surface area (TPSA) is 58.2 Å². The van der Waals surface area contributed by atoms with Crippen molar-refractivity contribution < 1.29 is 9.59 Å². The summed E-state index contributed by atoms with van der Waals surface area (Å²) in [7, 11) is 0. The van der Waals surface area contributed by atoms with Crippen LogP contribution < -0.4 is 10.6 Å². The molecule has 0 spiro atoms. The van der Waals surface area contributed by atoms with E-state index in [0.717, 1.165) is 22.4 Å². The van der Waals surface area contributed by atoms with Gasteiger partial charge in [-0.15, -0.1) is 0 Å². The van der Waals surface area contributed by atoms with Gasteiger partial charge < -0.3 is 10.6 Å². The molecule has 22 heavy (non-hydrogen) atoms. The van der Waals surface area contributed by atoms with Crippen molar-refractivity contribution in [2.45, 2.75) is 50.7 Å². The molecular formula is C17H24N2O2S. The number of thioether (sulfide) groups is 1. The normalized spacial score (nSPS) is 15.3. The van der Waals surface area contributed by atoms with Crippen molar-refractivity contribution in [3.05, 3.63) is 24.3 Å². The largest absolute Gasteiger partial charge is 0.326 e. The van der Waals surface area contributed by atoms with E-state index < -0.39 is 0 Å². The maximum Gasteiger partial charge on any atom is 0.225 e. The van der Waals surface area contributed by atoms with E-state index in [2.05, 4.69) is 10.6 Å². The number of hydrogen-bond acceptors (Lipinski definition) is 3. The summed E-state index contributed by atoms with van der Waals surface area (Å²) in [4.78, 5) is 22.9. The Labute approximate surface area is 136 Å². The summed E-state index contributed by atoms with van der Waals surface area (Å²) < 4.78 is 0. The van der Waals surface area contributed by atoms with Gasteiger partial charge in [-0.3, -0.25) is 9.59 Å². The second kappa shape index (κ2) is 8.83. The van der Waals surface area contributed by atoms with Crippen LogP contribution in [0.1, 0.15) is 45.4 Å². The average Bonchev–Trinajstić information content (AvgIpc) is 2.50. The Bertz CT molecular complexity index is 496. The molecule has 1 aromatic carbocycles. The minimum atomic E-state index is -0.100. The molecule has 5 heteroatoms. The summed E-state index contributed by atoms with van der Waals surface area (Å²) in [6.45, 7) is 1.47. The van der Waals surface area contributed by atoms with Crippen LogP contribution in [0.3, 0.4) is 0 Å². The van der Waals surface area contributed by atoms with Gasteiger partial charge in [0.15, 0.2) is 0 Å². The van der Waals surface area contributed by atoms with E-state index in [1.807, 2.05) is 11.8 Å². The summed E-state index contributed by atoms with van der Waals surface area (Å²) in [6, 6.07) is 7.18. The molecule has 0 atom stereocenters. The van der Waals surface area contributed by atoms with Gasteiger partial charge in [0.1, 0.15) is 0 Å². The second-order valence-corrected chi connectivity index (χ2v) is 7.10. The Kier molecular flexibility index (Phi) is 6.77. The standard InChI is InChI=1S/C17H24N2O2S/c1-13(20)18-14-7-9-15(10-8-14)19-17(21)11-12-22-16-5-3-2-4-6-16/h7-10,16H,2-6,11-12H2,1H3,(H,18,20)(H,19,21). The van der Waals surface area contributed by atoms with E-state index in [9.17, 15) is 9.59 Å². The zero-order valence-corrected chi connectivity index (χ0v) is 13.9. The van der Waals surface area contributed by atoms with E-state index in [4.69, 9.17) is 0 Å². The average molecular weight is 320 g/mol. The van der Waals surface area contributed by atoms with Crippen molar-refractivity contribution in [2.24, 2.45) is 0 Å². The minimum Gasteiger partial charge on any atom is -0.326 e. The second-order valence-electron chi connectivity index (χ2n) is 5.69. The Morgan fingerprint density at radius 2 is 1.64 bits per heavy atom. The summed E-state index contributed by atoms with van der Waals surface area (Å²) in [5, 5.41) is 6.34.